The van der Waals surface area contributed by atoms with Crippen molar-refractivity contribution in [2.75, 3.05) is 48.8 Å². The number of nitriles is 3. The Morgan fingerprint density at radius 1 is 0.500 bits per heavy atom. The van der Waals surface area contributed by atoms with Gasteiger partial charge in [0.25, 0.3) is 0 Å². The van der Waals surface area contributed by atoms with Crippen LogP contribution in [0.3, 0.4) is 0 Å². The molecule has 6 aromatic carbocycles. The third-order valence-electron chi connectivity index (χ3n) is 20.4. The number of halogens is 3. The van der Waals surface area contributed by atoms with Gasteiger partial charge in [0.2, 0.25) is 24.0 Å². The van der Waals surface area contributed by atoms with Crippen LogP contribution in [0.25, 0.3) is 0 Å². The van der Waals surface area contributed by atoms with E-state index < -0.39 is 99.9 Å². The SMILES string of the molecule is CN(C)C(=O)[C@H]1[C@@H](O)[C@@]2(O)C3=NCC=C3O[C@@]2(c2ccc(C#N)cc2)[C@@H]1c1ccccc1.CN(C)C(=O)[C@H]1[C@@H](O)[C@@]2(O)c3[nH]ncc3O[C@@]2(c2ccc(C#N)cc2)[C@@H]1c1ccccc1.CN(C)C(=O)[C@H]1[C@@H](O)[C@@]2(O)c3[nH]ncc3O[C@@]2(c2ccc(C#N)cc2)[C@@H]1c1ccccc1.O=CC(F)(F)F. The molecule has 4 aliphatic heterocycles. The predicted octanol–water partition coefficient (Wildman–Crippen LogP) is 5.70. The maximum atomic E-state index is 13.4. The van der Waals surface area contributed by atoms with Crippen LogP contribution in [0, 0.1) is 51.7 Å². The highest BCUT2D eigenvalue weighted by atomic mass is 19.4. The van der Waals surface area contributed by atoms with Crippen LogP contribution in [0.2, 0.25) is 0 Å². The number of alkyl halides is 3. The largest absolute Gasteiger partial charge is 0.477 e. The van der Waals surface area contributed by atoms with Crippen molar-refractivity contribution in [2.45, 2.75) is 75.8 Å². The molecule has 522 valence electrons. The second-order valence-corrected chi connectivity index (χ2v) is 26.3. The van der Waals surface area contributed by atoms with Gasteiger partial charge in [0.05, 0.1) is 71.6 Å². The van der Waals surface area contributed by atoms with E-state index in [0.717, 1.165) is 16.7 Å². The zero-order valence-corrected chi connectivity index (χ0v) is 55.5. The van der Waals surface area contributed by atoms with Gasteiger partial charge >= 0.3 is 6.18 Å². The molecule has 102 heavy (non-hydrogen) atoms. The van der Waals surface area contributed by atoms with E-state index in [1.54, 1.807) is 121 Å². The number of benzene rings is 6. The molecule has 3 amide bonds. The lowest BCUT2D eigenvalue weighted by molar-refractivity contribution is -0.158. The first-order valence-corrected chi connectivity index (χ1v) is 32.1. The van der Waals surface area contributed by atoms with E-state index in [9.17, 15) is 74.0 Å². The van der Waals surface area contributed by atoms with Crippen molar-refractivity contribution in [2.24, 2.45) is 22.7 Å². The lowest BCUT2D eigenvalue weighted by Crippen LogP contribution is -2.56. The average Bonchev–Trinajstić information content (AvgIpc) is 1.51. The molecule has 6 heterocycles. The van der Waals surface area contributed by atoms with E-state index >= 15 is 0 Å². The molecule has 3 saturated carbocycles. The molecule has 0 spiro atoms. The number of nitrogens with one attached hydrogen (secondary N) is 2. The number of aliphatic hydroxyl groups is 6. The summed E-state index contributed by atoms with van der Waals surface area (Å²) < 4.78 is 50.7. The summed E-state index contributed by atoms with van der Waals surface area (Å²) in [7, 11) is 9.72. The summed E-state index contributed by atoms with van der Waals surface area (Å²) in [6.45, 7) is 0.339. The minimum absolute atomic E-state index is 0.226. The van der Waals surface area contributed by atoms with Crippen LogP contribution in [0.15, 0.2) is 193 Å². The lowest BCUT2D eigenvalue weighted by Gasteiger charge is -2.40. The first kappa shape index (κ1) is 70.5. The van der Waals surface area contributed by atoms with Gasteiger partial charge in [-0.25, -0.2) is 0 Å². The van der Waals surface area contributed by atoms with Crippen LogP contribution >= 0.6 is 0 Å². The number of amides is 3. The number of carbonyl (C=O) groups excluding carboxylic acids is 4. The highest BCUT2D eigenvalue weighted by Gasteiger charge is 2.82. The highest BCUT2D eigenvalue weighted by molar-refractivity contribution is 6.11. The summed E-state index contributed by atoms with van der Waals surface area (Å²) in [5.41, 5.74) is -4.48. The first-order valence-electron chi connectivity index (χ1n) is 32.1. The standard InChI is InChI=1S/C25H23N3O4.2C24H22N4O4.C2HF3O/c1-28(2)23(30)19-20(16-6-4-3-5-7-16)25(17-10-8-15(14-26)9-11-17)24(31,22(19)29)21-18(32-25)12-13-27-21;2*1-28(2)22(30)18-19(15-6-4-3-5-7-15)24(16-10-8-14(12-25)9-11-16)23(31,21(18)29)20-17(32-24)13-26-27-20;3-2(4,5)1-6/h3-12,19-20,22,29,31H,13H2,1-2H3;2*3-11,13,18-19,21,29,31H,1-2H3,(H,26,27);1H/t19-,20-,22-,24+,25+;2*18-,19-,21-,23+,24+;/m111./s1. The second kappa shape index (κ2) is 26.3. The highest BCUT2D eigenvalue weighted by Crippen LogP contribution is 2.71. The quantitative estimate of drug-likeness (QED) is 0.0803. The summed E-state index contributed by atoms with van der Waals surface area (Å²) in [5.74, 6) is -5.05. The van der Waals surface area contributed by atoms with Crippen molar-refractivity contribution in [3.05, 3.63) is 249 Å². The molecule has 2 aromatic heterocycles. The van der Waals surface area contributed by atoms with Crippen molar-refractivity contribution >= 4 is 29.7 Å². The summed E-state index contributed by atoms with van der Waals surface area (Å²) in [6.07, 6.45) is -5.45. The first-order chi connectivity index (χ1) is 48.6. The monoisotopic (exact) mass is 1390 g/mol. The van der Waals surface area contributed by atoms with E-state index in [-0.39, 0.29) is 34.8 Å². The maximum absolute atomic E-state index is 13.4. The number of ether oxygens (including phenoxy) is 3. The summed E-state index contributed by atoms with van der Waals surface area (Å²) in [6, 6.07) is 54.2. The Labute approximate surface area is 582 Å². The normalized spacial score (nSPS) is 29.7. The van der Waals surface area contributed by atoms with Gasteiger partial charge < -0.3 is 59.5 Å². The molecule has 8 N–H and O–H groups in total. The molecule has 8 aromatic rings. The van der Waals surface area contributed by atoms with Gasteiger partial charge in [0.1, 0.15) is 41.2 Å². The zero-order chi connectivity index (χ0) is 73.2. The van der Waals surface area contributed by atoms with Crippen molar-refractivity contribution in [3.8, 4) is 29.7 Å². The fourth-order valence-corrected chi connectivity index (χ4v) is 16.2. The molecule has 7 aliphatic rings. The van der Waals surface area contributed by atoms with Crippen LogP contribution < -0.4 is 9.47 Å². The Kier molecular flexibility index (Phi) is 18.2. The number of aldehydes is 1. The Bertz CT molecular complexity index is 4520. The minimum Gasteiger partial charge on any atom is -0.477 e. The molecule has 15 rings (SSSR count). The number of aromatic amines is 2. The number of rotatable bonds is 9. The third-order valence-corrected chi connectivity index (χ3v) is 20.4. The second-order valence-electron chi connectivity index (χ2n) is 26.3. The van der Waals surface area contributed by atoms with Crippen LogP contribution in [-0.2, 0) is 51.9 Å². The molecule has 24 nitrogen and oxygen atoms in total. The number of aliphatic imine (C=N–C) groups is 1. The third kappa shape index (κ3) is 10.4. The van der Waals surface area contributed by atoms with Crippen molar-refractivity contribution in [3.63, 3.8) is 0 Å². The van der Waals surface area contributed by atoms with E-state index in [1.165, 1.54) is 27.1 Å². The Morgan fingerprint density at radius 3 is 1.08 bits per heavy atom. The molecular weight excluding hydrogens is 1320 g/mol. The molecule has 27 heteroatoms. The molecular formula is C75H68F3N11O13. The van der Waals surface area contributed by atoms with E-state index in [4.69, 9.17) is 19.0 Å². The van der Waals surface area contributed by atoms with E-state index in [1.807, 2.05) is 91.0 Å². The van der Waals surface area contributed by atoms with Gasteiger partial charge in [-0.3, -0.25) is 34.4 Å². The molecule has 0 radical (unpaired) electrons. The van der Waals surface area contributed by atoms with Gasteiger partial charge in [0.15, 0.2) is 45.1 Å². The Morgan fingerprint density at radius 2 is 0.794 bits per heavy atom. The fourth-order valence-electron chi connectivity index (χ4n) is 16.2. The van der Waals surface area contributed by atoms with Crippen LogP contribution in [-0.4, -0.2) is 174 Å². The van der Waals surface area contributed by atoms with E-state index in [0.29, 0.717) is 57.2 Å². The smallest absolute Gasteiger partial charge is 0.446 e. The van der Waals surface area contributed by atoms with Gasteiger partial charge in [-0.1, -0.05) is 127 Å². The van der Waals surface area contributed by atoms with Crippen molar-refractivity contribution < 1.29 is 77.2 Å². The maximum Gasteiger partial charge on any atom is 0.446 e. The minimum atomic E-state index is -4.64. The number of fused-ring (bicyclic) bond motifs is 9. The number of nitrogens with zero attached hydrogens (tertiary/aromatic N) is 9. The Balaban J connectivity index is 0.000000139. The molecule has 3 aliphatic carbocycles. The molecule has 0 bridgehead atoms. The fraction of sp³-hybridized carbons (Fsp3) is 0.307. The number of H-pyrrole nitrogens is 2. The Hall–Kier alpha value is -11.4. The topological polar surface area (TPSA) is 368 Å². The molecule has 4 fully saturated rings. The summed E-state index contributed by atoms with van der Waals surface area (Å²) >= 11 is 0. The average molecular weight is 1390 g/mol. The van der Waals surface area contributed by atoms with Crippen LogP contribution in [0.4, 0.5) is 13.2 Å². The number of carbonyl (C=O) groups is 4. The van der Waals surface area contributed by atoms with Gasteiger partial charge in [-0.05, 0) is 75.9 Å². The number of hydrogen-bond acceptors (Lipinski definition) is 19. The molecule has 0 unspecified atom stereocenters. The number of aromatic nitrogens is 4. The number of aliphatic hydroxyl groups excluding tert-OH is 3. The van der Waals surface area contributed by atoms with Gasteiger partial charge in [-0.15, -0.1) is 0 Å². The lowest BCUT2D eigenvalue weighted by atomic mass is 9.71. The van der Waals surface area contributed by atoms with Crippen LogP contribution in [0.5, 0.6) is 11.5 Å². The van der Waals surface area contributed by atoms with Gasteiger partial charge in [0, 0.05) is 60.0 Å². The zero-order valence-electron chi connectivity index (χ0n) is 55.5. The summed E-state index contributed by atoms with van der Waals surface area (Å²) in [5, 5.41) is 113. The van der Waals surface area contributed by atoms with Crippen molar-refractivity contribution in [1.29, 1.82) is 15.8 Å². The van der Waals surface area contributed by atoms with Crippen LogP contribution in [0.1, 0.15) is 79.2 Å². The van der Waals surface area contributed by atoms with Crippen molar-refractivity contribution in [1.82, 2.24) is 35.1 Å². The predicted molar refractivity (Wildman–Crippen MR) is 355 cm³/mol. The van der Waals surface area contributed by atoms with E-state index in [2.05, 4.69) is 43.6 Å². The van der Waals surface area contributed by atoms with Gasteiger partial charge in [-0.2, -0.15) is 39.2 Å². The molecule has 1 saturated heterocycles. The molecule has 15 atom stereocenters. The summed E-state index contributed by atoms with van der Waals surface area (Å²) in [4.78, 5) is 57.5. The number of hydrogen-bond donors (Lipinski definition) is 8.